The lowest BCUT2D eigenvalue weighted by Gasteiger charge is -2.22. The van der Waals surface area contributed by atoms with Crippen LogP contribution in [0.1, 0.15) is 71.2 Å². The quantitative estimate of drug-likeness (QED) is 0.395. The maximum atomic E-state index is 13.4. The predicted molar refractivity (Wildman–Crippen MR) is 137 cm³/mol. The molecule has 1 aliphatic carbocycles. The Bertz CT molecular complexity index is 1510. The molecule has 0 amide bonds. The van der Waals surface area contributed by atoms with Crippen LogP contribution in [0.15, 0.2) is 64.5 Å². The highest BCUT2D eigenvalue weighted by Gasteiger charge is 2.22. The topological polar surface area (TPSA) is 89.5 Å². The van der Waals surface area contributed by atoms with Gasteiger partial charge in [-0.05, 0) is 63.1 Å². The molecule has 1 saturated carbocycles. The van der Waals surface area contributed by atoms with E-state index in [-0.39, 0.29) is 17.0 Å². The summed E-state index contributed by atoms with van der Waals surface area (Å²) in [5.41, 5.74) is 4.27. The van der Waals surface area contributed by atoms with Crippen LogP contribution in [0.25, 0.3) is 16.6 Å². The van der Waals surface area contributed by atoms with Crippen LogP contribution < -0.4 is 5.56 Å². The smallest absolute Gasteiger partial charge is 0.335 e. The summed E-state index contributed by atoms with van der Waals surface area (Å²) in [5, 5.41) is 14.6. The van der Waals surface area contributed by atoms with Gasteiger partial charge in [0.2, 0.25) is 0 Å². The maximum absolute atomic E-state index is 13.4. The van der Waals surface area contributed by atoms with Gasteiger partial charge in [-0.2, -0.15) is 9.78 Å². The molecule has 178 valence electrons. The number of nitrogens with zero attached hydrogens (tertiary/aromatic N) is 4. The summed E-state index contributed by atoms with van der Waals surface area (Å²) in [5.74, 6) is -0.0217. The summed E-state index contributed by atoms with van der Waals surface area (Å²) in [7, 11) is 0. The van der Waals surface area contributed by atoms with Crippen LogP contribution in [-0.2, 0) is 0 Å². The van der Waals surface area contributed by atoms with Gasteiger partial charge in [-0.15, -0.1) is 0 Å². The molecule has 1 fully saturated rings. The zero-order valence-electron chi connectivity index (χ0n) is 19.9. The highest BCUT2D eigenvalue weighted by molar-refractivity contribution is 5.88. The van der Waals surface area contributed by atoms with Crippen molar-refractivity contribution in [3.63, 3.8) is 0 Å². The van der Waals surface area contributed by atoms with E-state index < -0.39 is 5.97 Å². The molecule has 2 aromatic heterocycles. The largest absolute Gasteiger partial charge is 0.478 e. The molecular weight excluding hydrogens is 440 g/mol. The van der Waals surface area contributed by atoms with Crippen molar-refractivity contribution in [1.29, 1.82) is 0 Å². The Morgan fingerprint density at radius 3 is 2.60 bits per heavy atom. The van der Waals surface area contributed by atoms with E-state index >= 15 is 0 Å². The molecular formula is C28H28N4O3. The summed E-state index contributed by atoms with van der Waals surface area (Å²) in [6.07, 6.45) is 7.21. The summed E-state index contributed by atoms with van der Waals surface area (Å²) < 4.78 is 3.48. The van der Waals surface area contributed by atoms with Gasteiger partial charge in [0.15, 0.2) is 0 Å². The Hall–Kier alpha value is -4.00. The van der Waals surface area contributed by atoms with Gasteiger partial charge in [-0.1, -0.05) is 37.5 Å². The van der Waals surface area contributed by atoms with Crippen molar-refractivity contribution in [2.45, 2.75) is 51.9 Å². The molecule has 0 atom stereocenters. The van der Waals surface area contributed by atoms with Crippen LogP contribution in [0, 0.1) is 13.8 Å². The minimum Gasteiger partial charge on any atom is -0.478 e. The van der Waals surface area contributed by atoms with Crippen LogP contribution >= 0.6 is 0 Å². The fourth-order valence-corrected chi connectivity index (χ4v) is 5.09. The molecule has 7 nitrogen and oxygen atoms in total. The van der Waals surface area contributed by atoms with Crippen molar-refractivity contribution in [3.8, 4) is 5.69 Å². The van der Waals surface area contributed by atoms with Gasteiger partial charge in [0.25, 0.3) is 5.56 Å². The van der Waals surface area contributed by atoms with Crippen molar-refractivity contribution < 1.29 is 9.90 Å². The van der Waals surface area contributed by atoms with Crippen LogP contribution in [-0.4, -0.2) is 31.5 Å². The van der Waals surface area contributed by atoms with Crippen molar-refractivity contribution in [3.05, 3.63) is 93.3 Å². The first-order chi connectivity index (χ1) is 16.9. The van der Waals surface area contributed by atoms with Gasteiger partial charge in [-0.25, -0.2) is 9.78 Å². The van der Waals surface area contributed by atoms with Gasteiger partial charge in [0.05, 0.1) is 22.7 Å². The lowest BCUT2D eigenvalue weighted by molar-refractivity contribution is 0.0697. The summed E-state index contributed by atoms with van der Waals surface area (Å²) in [4.78, 5) is 29.8. The van der Waals surface area contributed by atoms with E-state index in [1.54, 1.807) is 30.5 Å². The highest BCUT2D eigenvalue weighted by atomic mass is 16.4. The van der Waals surface area contributed by atoms with Crippen LogP contribution in [0.5, 0.6) is 0 Å². The SMILES string of the molecule is Cc1cc(C=Nn2c(C3CCCCC3)nc3ccccc3c2=O)c(C)n1-c1cccc(C(=O)O)c1. The van der Waals surface area contributed by atoms with E-state index in [2.05, 4.69) is 5.10 Å². The average Bonchev–Trinajstić information content (AvgIpc) is 3.16. The minimum atomic E-state index is -0.963. The van der Waals surface area contributed by atoms with Gasteiger partial charge in [0.1, 0.15) is 5.82 Å². The molecule has 0 unspecified atom stereocenters. The number of benzene rings is 2. The Kier molecular flexibility index (Phi) is 6.07. The number of hydrogen-bond donors (Lipinski definition) is 1. The molecule has 0 saturated heterocycles. The number of aryl methyl sites for hydroxylation is 1. The first kappa shape index (κ1) is 22.8. The molecule has 1 N–H and O–H groups in total. The fourth-order valence-electron chi connectivity index (χ4n) is 5.09. The van der Waals surface area contributed by atoms with Crippen LogP contribution in [0.2, 0.25) is 0 Å². The third-order valence-corrected chi connectivity index (χ3v) is 6.88. The van der Waals surface area contributed by atoms with Crippen LogP contribution in [0.4, 0.5) is 0 Å². The van der Waals surface area contributed by atoms with Gasteiger partial charge >= 0.3 is 5.97 Å². The second-order valence-corrected chi connectivity index (χ2v) is 9.20. The Morgan fingerprint density at radius 2 is 1.83 bits per heavy atom. The monoisotopic (exact) mass is 468 g/mol. The van der Waals surface area contributed by atoms with E-state index in [4.69, 9.17) is 4.98 Å². The van der Waals surface area contributed by atoms with E-state index in [1.165, 1.54) is 11.1 Å². The second kappa shape index (κ2) is 9.33. The third-order valence-electron chi connectivity index (χ3n) is 6.88. The standard InChI is InChI=1S/C28H28N4O3/c1-18-15-22(19(2)31(18)23-12-8-11-21(16-23)28(34)35)17-29-32-26(20-9-4-3-5-10-20)30-25-14-7-6-13-24(25)27(32)33/h6-8,11-17,20H,3-5,9-10H2,1-2H3,(H,34,35). The van der Waals surface area contributed by atoms with Gasteiger partial charge in [0, 0.05) is 28.6 Å². The maximum Gasteiger partial charge on any atom is 0.335 e. The highest BCUT2D eigenvalue weighted by Crippen LogP contribution is 2.32. The van der Waals surface area contributed by atoms with Crippen molar-refractivity contribution >= 4 is 23.1 Å². The predicted octanol–water partition coefficient (Wildman–Crippen LogP) is 5.43. The Morgan fingerprint density at radius 1 is 1.06 bits per heavy atom. The number of carboxylic acids is 1. The molecule has 1 aliphatic rings. The van der Waals surface area contributed by atoms with E-state index in [9.17, 15) is 14.7 Å². The molecule has 2 heterocycles. The summed E-state index contributed by atoms with van der Waals surface area (Å²) in [6, 6.07) is 16.3. The zero-order valence-corrected chi connectivity index (χ0v) is 19.9. The number of para-hydroxylation sites is 1. The van der Waals surface area contributed by atoms with E-state index in [1.807, 2.05) is 48.7 Å². The number of carboxylic acid groups (broad SMARTS) is 1. The van der Waals surface area contributed by atoms with E-state index in [0.29, 0.717) is 10.9 Å². The van der Waals surface area contributed by atoms with Crippen LogP contribution in [0.3, 0.4) is 0 Å². The number of aromatic carboxylic acids is 1. The average molecular weight is 469 g/mol. The van der Waals surface area contributed by atoms with Gasteiger partial charge < -0.3 is 9.67 Å². The lowest BCUT2D eigenvalue weighted by atomic mass is 9.88. The zero-order chi connectivity index (χ0) is 24.5. The molecule has 4 aromatic rings. The van der Waals surface area contributed by atoms with E-state index in [0.717, 1.165) is 54.1 Å². The molecule has 0 spiro atoms. The fraction of sp³-hybridized carbons (Fsp3) is 0.286. The van der Waals surface area contributed by atoms with Crippen molar-refractivity contribution in [2.75, 3.05) is 0 Å². The summed E-state index contributed by atoms with van der Waals surface area (Å²) >= 11 is 0. The Labute approximate surface area is 203 Å². The molecule has 0 radical (unpaired) electrons. The summed E-state index contributed by atoms with van der Waals surface area (Å²) in [6.45, 7) is 3.93. The van der Waals surface area contributed by atoms with Crippen molar-refractivity contribution in [1.82, 2.24) is 14.2 Å². The molecule has 0 bridgehead atoms. The Balaban J connectivity index is 1.59. The normalized spacial score (nSPS) is 14.7. The molecule has 5 rings (SSSR count). The molecule has 7 heteroatoms. The number of aromatic nitrogens is 3. The molecule has 2 aromatic carbocycles. The van der Waals surface area contributed by atoms with Crippen molar-refractivity contribution in [2.24, 2.45) is 5.10 Å². The number of rotatable bonds is 5. The molecule has 0 aliphatic heterocycles. The van der Waals surface area contributed by atoms with Gasteiger partial charge in [-0.3, -0.25) is 4.79 Å². The lowest BCUT2D eigenvalue weighted by Crippen LogP contribution is -2.25. The number of hydrogen-bond acceptors (Lipinski definition) is 4. The first-order valence-electron chi connectivity index (χ1n) is 12.0. The second-order valence-electron chi connectivity index (χ2n) is 9.20. The third kappa shape index (κ3) is 4.30. The first-order valence-corrected chi connectivity index (χ1v) is 12.0. The minimum absolute atomic E-state index is 0.157. The molecule has 35 heavy (non-hydrogen) atoms. The number of fused-ring (bicyclic) bond motifs is 1. The number of carbonyl (C=O) groups is 1.